The van der Waals surface area contributed by atoms with E-state index in [1.165, 1.54) is 13.8 Å². The first-order valence-electron chi connectivity index (χ1n) is 5.71. The molecular formula is C11H15NO6S2. The summed E-state index contributed by atoms with van der Waals surface area (Å²) in [5.41, 5.74) is 0. The summed E-state index contributed by atoms with van der Waals surface area (Å²) in [5, 5.41) is 8.85. The van der Waals surface area contributed by atoms with Crippen LogP contribution in [0, 0.1) is 6.92 Å². The number of ether oxygens (including phenoxy) is 1. The van der Waals surface area contributed by atoms with Crippen molar-refractivity contribution in [1.29, 1.82) is 0 Å². The van der Waals surface area contributed by atoms with E-state index in [-0.39, 0.29) is 16.4 Å². The summed E-state index contributed by atoms with van der Waals surface area (Å²) < 4.78 is 31.1. The molecule has 0 aliphatic heterocycles. The highest BCUT2D eigenvalue weighted by Gasteiger charge is 2.26. The molecule has 0 aliphatic carbocycles. The number of esters is 1. The number of thiophene rings is 1. The Hall–Kier alpha value is -1.45. The van der Waals surface area contributed by atoms with Crippen LogP contribution in [-0.4, -0.2) is 38.1 Å². The van der Waals surface area contributed by atoms with Crippen LogP contribution >= 0.6 is 11.3 Å². The van der Waals surface area contributed by atoms with Gasteiger partial charge < -0.3 is 9.84 Å². The van der Waals surface area contributed by atoms with Crippen LogP contribution in [0.3, 0.4) is 0 Å². The van der Waals surface area contributed by atoms with Crippen molar-refractivity contribution in [3.8, 4) is 0 Å². The van der Waals surface area contributed by atoms with Crippen molar-refractivity contribution >= 4 is 33.3 Å². The Balaban J connectivity index is 3.00. The molecule has 0 bridgehead atoms. The Labute approximate surface area is 120 Å². The van der Waals surface area contributed by atoms with Gasteiger partial charge in [-0.3, -0.25) is 4.79 Å². The molecule has 20 heavy (non-hydrogen) atoms. The first-order valence-corrected chi connectivity index (χ1v) is 8.01. The summed E-state index contributed by atoms with van der Waals surface area (Å²) in [6.45, 7) is 4.61. The molecule has 1 aromatic heterocycles. The number of hydrogen-bond acceptors (Lipinski definition) is 6. The Kier molecular flexibility index (Phi) is 5.26. The monoisotopic (exact) mass is 321 g/mol. The second-order valence-corrected chi connectivity index (χ2v) is 6.87. The van der Waals surface area contributed by atoms with Gasteiger partial charge >= 0.3 is 11.9 Å². The second kappa shape index (κ2) is 6.33. The summed E-state index contributed by atoms with van der Waals surface area (Å²) in [5.74, 6) is -1.89. The van der Waals surface area contributed by atoms with E-state index in [0.717, 1.165) is 17.4 Å². The van der Waals surface area contributed by atoms with Crippen LogP contribution in [0.1, 0.15) is 28.4 Å². The van der Waals surface area contributed by atoms with E-state index in [4.69, 9.17) is 9.84 Å². The Bertz CT molecular complexity index is 619. The van der Waals surface area contributed by atoms with E-state index < -0.39 is 28.0 Å². The van der Waals surface area contributed by atoms with Crippen molar-refractivity contribution in [2.24, 2.45) is 0 Å². The molecule has 0 aromatic carbocycles. The Morgan fingerprint density at radius 3 is 2.55 bits per heavy atom. The lowest BCUT2D eigenvalue weighted by Crippen LogP contribution is -2.39. The first kappa shape index (κ1) is 16.6. The number of aromatic carboxylic acids is 1. The largest absolute Gasteiger partial charge is 0.477 e. The van der Waals surface area contributed by atoms with Gasteiger partial charge in [0, 0.05) is 4.88 Å². The topological polar surface area (TPSA) is 110 Å². The molecule has 1 atom stereocenters. The van der Waals surface area contributed by atoms with Crippen molar-refractivity contribution in [2.45, 2.75) is 31.7 Å². The molecule has 0 fully saturated rings. The smallest absolute Gasteiger partial charge is 0.345 e. The molecule has 1 heterocycles. The van der Waals surface area contributed by atoms with Gasteiger partial charge in [-0.2, -0.15) is 4.72 Å². The summed E-state index contributed by atoms with van der Waals surface area (Å²) >= 11 is 0.860. The predicted octanol–water partition coefficient (Wildman–Crippen LogP) is 0.985. The Morgan fingerprint density at radius 1 is 1.50 bits per heavy atom. The molecule has 1 unspecified atom stereocenters. The van der Waals surface area contributed by atoms with E-state index in [9.17, 15) is 18.0 Å². The molecule has 0 spiro atoms. The van der Waals surface area contributed by atoms with E-state index >= 15 is 0 Å². The standard InChI is InChI=1S/C11H15NO6S2/c1-4-18-11(15)6(2)12-20(16,17)9-5-8(10(13)14)19-7(9)3/h5-6,12H,4H2,1-3H3,(H,13,14). The van der Waals surface area contributed by atoms with Crippen LogP contribution in [0.5, 0.6) is 0 Å². The lowest BCUT2D eigenvalue weighted by Gasteiger charge is -2.12. The Morgan fingerprint density at radius 2 is 2.10 bits per heavy atom. The number of aryl methyl sites for hydroxylation is 1. The molecular weight excluding hydrogens is 306 g/mol. The SMILES string of the molecule is CCOC(=O)C(C)NS(=O)(=O)c1cc(C(=O)O)sc1C. The molecule has 2 N–H and O–H groups in total. The normalized spacial score (nSPS) is 12.9. The van der Waals surface area contributed by atoms with Gasteiger partial charge in [-0.25, -0.2) is 13.2 Å². The number of rotatable bonds is 6. The molecule has 9 heteroatoms. The van der Waals surface area contributed by atoms with Crippen molar-refractivity contribution < 1.29 is 27.9 Å². The van der Waals surface area contributed by atoms with Gasteiger partial charge in [-0.15, -0.1) is 11.3 Å². The number of carbonyl (C=O) groups is 2. The molecule has 0 aliphatic rings. The molecule has 112 valence electrons. The average molecular weight is 321 g/mol. The zero-order valence-corrected chi connectivity index (χ0v) is 12.8. The third kappa shape index (κ3) is 3.78. The van der Waals surface area contributed by atoms with E-state index in [2.05, 4.69) is 4.72 Å². The minimum atomic E-state index is -3.97. The third-order valence-corrected chi connectivity index (χ3v) is 5.18. The average Bonchev–Trinajstić information content (AvgIpc) is 2.72. The van der Waals surface area contributed by atoms with Crippen LogP contribution in [0.4, 0.5) is 0 Å². The fourth-order valence-corrected chi connectivity index (χ4v) is 4.07. The van der Waals surface area contributed by atoms with Crippen molar-refractivity contribution in [1.82, 2.24) is 4.72 Å². The molecule has 7 nitrogen and oxygen atoms in total. The maximum atomic E-state index is 12.1. The number of carboxylic acid groups (broad SMARTS) is 1. The van der Waals surface area contributed by atoms with Crippen LogP contribution in [0.25, 0.3) is 0 Å². The van der Waals surface area contributed by atoms with Crippen molar-refractivity contribution in [3.63, 3.8) is 0 Å². The summed E-state index contributed by atoms with van der Waals surface area (Å²) in [7, 11) is -3.97. The molecule has 0 amide bonds. The highest BCUT2D eigenvalue weighted by molar-refractivity contribution is 7.89. The molecule has 0 saturated heterocycles. The zero-order chi connectivity index (χ0) is 15.5. The van der Waals surface area contributed by atoms with Gasteiger partial charge in [0.15, 0.2) is 0 Å². The van der Waals surface area contributed by atoms with Gasteiger partial charge in [0.05, 0.1) is 11.5 Å². The number of hydrogen-bond donors (Lipinski definition) is 2. The fraction of sp³-hybridized carbons (Fsp3) is 0.455. The van der Waals surface area contributed by atoms with Gasteiger partial charge in [0.1, 0.15) is 10.9 Å². The molecule has 0 radical (unpaired) electrons. The predicted molar refractivity (Wildman–Crippen MR) is 72.4 cm³/mol. The summed E-state index contributed by atoms with van der Waals surface area (Å²) in [6.07, 6.45) is 0. The molecule has 0 saturated carbocycles. The van der Waals surface area contributed by atoms with E-state index in [0.29, 0.717) is 4.88 Å². The van der Waals surface area contributed by atoms with Crippen LogP contribution in [0.2, 0.25) is 0 Å². The number of nitrogens with one attached hydrogen (secondary N) is 1. The van der Waals surface area contributed by atoms with E-state index in [1.807, 2.05) is 0 Å². The maximum Gasteiger partial charge on any atom is 0.345 e. The second-order valence-electron chi connectivity index (χ2n) is 3.93. The quantitative estimate of drug-likeness (QED) is 0.756. The fourth-order valence-electron chi connectivity index (χ4n) is 1.45. The van der Waals surface area contributed by atoms with Crippen molar-refractivity contribution in [2.75, 3.05) is 6.61 Å². The van der Waals surface area contributed by atoms with Crippen LogP contribution < -0.4 is 4.72 Å². The van der Waals surface area contributed by atoms with E-state index in [1.54, 1.807) is 6.92 Å². The van der Waals surface area contributed by atoms with Gasteiger partial charge in [0.25, 0.3) is 0 Å². The maximum absolute atomic E-state index is 12.1. The molecule has 1 aromatic rings. The van der Waals surface area contributed by atoms with Crippen LogP contribution in [0.15, 0.2) is 11.0 Å². The van der Waals surface area contributed by atoms with Crippen LogP contribution in [-0.2, 0) is 19.6 Å². The number of carboxylic acids is 1. The third-order valence-electron chi connectivity index (χ3n) is 2.34. The summed E-state index contributed by atoms with van der Waals surface area (Å²) in [4.78, 5) is 22.4. The van der Waals surface area contributed by atoms with Gasteiger partial charge in [-0.05, 0) is 26.8 Å². The lowest BCUT2D eigenvalue weighted by atomic mass is 10.4. The molecule has 1 rings (SSSR count). The zero-order valence-electron chi connectivity index (χ0n) is 11.2. The highest BCUT2D eigenvalue weighted by atomic mass is 32.2. The lowest BCUT2D eigenvalue weighted by molar-refractivity contribution is -0.144. The van der Waals surface area contributed by atoms with Gasteiger partial charge in [-0.1, -0.05) is 0 Å². The minimum absolute atomic E-state index is 0.0772. The minimum Gasteiger partial charge on any atom is -0.477 e. The number of carbonyl (C=O) groups excluding carboxylic acids is 1. The van der Waals surface area contributed by atoms with Crippen molar-refractivity contribution in [3.05, 3.63) is 15.8 Å². The van der Waals surface area contributed by atoms with Gasteiger partial charge in [0.2, 0.25) is 10.0 Å². The first-order chi connectivity index (χ1) is 9.19. The highest BCUT2D eigenvalue weighted by Crippen LogP contribution is 2.25. The summed E-state index contributed by atoms with van der Waals surface area (Å²) in [6, 6.07) is 0.0234. The number of sulfonamides is 1.